The van der Waals surface area contributed by atoms with Crippen LogP contribution < -0.4 is 14.4 Å². The summed E-state index contributed by atoms with van der Waals surface area (Å²) in [5.41, 5.74) is 7.86. The fourth-order valence-electron chi connectivity index (χ4n) is 6.46. The van der Waals surface area contributed by atoms with Crippen molar-refractivity contribution in [3.8, 4) is 17.2 Å². The van der Waals surface area contributed by atoms with Gasteiger partial charge in [0.15, 0.2) is 11.5 Å². The molecule has 0 spiro atoms. The van der Waals surface area contributed by atoms with E-state index in [-0.39, 0.29) is 0 Å². The van der Waals surface area contributed by atoms with Crippen LogP contribution in [-0.4, -0.2) is 50.4 Å². The van der Waals surface area contributed by atoms with E-state index in [1.165, 1.54) is 59.4 Å². The topological polar surface area (TPSA) is 45.2 Å². The van der Waals surface area contributed by atoms with Gasteiger partial charge < -0.3 is 24.4 Å². The zero-order valence-corrected chi connectivity index (χ0v) is 24.8. The van der Waals surface area contributed by atoms with E-state index in [1.807, 2.05) is 12.1 Å². The molecule has 1 N–H and O–H groups in total. The normalized spacial score (nSPS) is 17.9. The van der Waals surface area contributed by atoms with E-state index in [0.717, 1.165) is 62.7 Å². The van der Waals surface area contributed by atoms with Crippen LogP contribution in [0.25, 0.3) is 0 Å². The molecule has 1 unspecified atom stereocenters. The molecule has 1 heterocycles. The maximum atomic E-state index is 9.96. The molecule has 214 valence electrons. The third-order valence-corrected chi connectivity index (χ3v) is 9.10. The molecule has 1 aliphatic heterocycles. The molecule has 0 aromatic heterocycles. The van der Waals surface area contributed by atoms with Crippen LogP contribution in [-0.2, 0) is 25.8 Å². The third kappa shape index (κ3) is 6.58. The summed E-state index contributed by atoms with van der Waals surface area (Å²) in [5, 5.41) is 9.96. The number of anilines is 1. The van der Waals surface area contributed by atoms with Crippen LogP contribution in [0.15, 0.2) is 54.6 Å². The van der Waals surface area contributed by atoms with Crippen LogP contribution in [0.2, 0.25) is 0 Å². The maximum Gasteiger partial charge on any atom is 0.162 e. The number of aryl methyl sites for hydroxylation is 1. The van der Waals surface area contributed by atoms with Crippen LogP contribution in [0.1, 0.15) is 66.8 Å². The smallest absolute Gasteiger partial charge is 0.162 e. The van der Waals surface area contributed by atoms with Crippen molar-refractivity contribution in [1.82, 2.24) is 4.90 Å². The Bertz CT molecular complexity index is 1260. The molecule has 5 rings (SSSR count). The predicted molar refractivity (Wildman–Crippen MR) is 164 cm³/mol. The van der Waals surface area contributed by atoms with E-state index < -0.39 is 0 Å². The second-order valence-corrected chi connectivity index (χ2v) is 11.8. The van der Waals surface area contributed by atoms with E-state index >= 15 is 0 Å². The Kier molecular flexibility index (Phi) is 9.21. The molecule has 0 saturated carbocycles. The maximum absolute atomic E-state index is 9.96. The van der Waals surface area contributed by atoms with Crippen molar-refractivity contribution < 1.29 is 14.6 Å². The number of phenols is 1. The number of benzene rings is 3. The van der Waals surface area contributed by atoms with Crippen LogP contribution in [0, 0.1) is 5.92 Å². The van der Waals surface area contributed by atoms with Gasteiger partial charge in [0.05, 0.1) is 14.2 Å². The lowest BCUT2D eigenvalue weighted by molar-refractivity contribution is 0.194. The van der Waals surface area contributed by atoms with Gasteiger partial charge in [-0.3, -0.25) is 0 Å². The van der Waals surface area contributed by atoms with Gasteiger partial charge in [0.1, 0.15) is 5.75 Å². The monoisotopic (exact) mass is 542 g/mol. The van der Waals surface area contributed by atoms with Gasteiger partial charge in [-0.2, -0.15) is 0 Å². The molecule has 5 nitrogen and oxygen atoms in total. The quantitative estimate of drug-likeness (QED) is 0.299. The summed E-state index contributed by atoms with van der Waals surface area (Å²) in [6.45, 7) is 10.00. The third-order valence-electron chi connectivity index (χ3n) is 9.10. The predicted octanol–water partition coefficient (Wildman–Crippen LogP) is 6.98. The first kappa shape index (κ1) is 28.4. The summed E-state index contributed by atoms with van der Waals surface area (Å²) in [4.78, 5) is 5.09. The zero-order chi connectivity index (χ0) is 28.1. The summed E-state index contributed by atoms with van der Waals surface area (Å²) in [7, 11) is 3.43. The molecule has 0 bridgehead atoms. The largest absolute Gasteiger partial charge is 0.508 e. The highest BCUT2D eigenvalue weighted by molar-refractivity contribution is 5.64. The summed E-state index contributed by atoms with van der Waals surface area (Å²) in [6.07, 6.45) is 6.75. The molecular formula is C35H46N2O3. The Morgan fingerprint density at radius 1 is 0.875 bits per heavy atom. The van der Waals surface area contributed by atoms with E-state index in [1.54, 1.807) is 14.2 Å². The van der Waals surface area contributed by atoms with E-state index in [4.69, 9.17) is 9.47 Å². The number of hydrogen-bond donors (Lipinski definition) is 1. The molecule has 3 aromatic carbocycles. The van der Waals surface area contributed by atoms with Crippen LogP contribution in [0.4, 0.5) is 5.69 Å². The minimum atomic E-state index is 0.355. The summed E-state index contributed by atoms with van der Waals surface area (Å²) < 4.78 is 11.5. The number of rotatable bonds is 10. The van der Waals surface area contributed by atoms with Crippen molar-refractivity contribution >= 4 is 5.69 Å². The van der Waals surface area contributed by atoms with Gasteiger partial charge in [-0.15, -0.1) is 0 Å². The van der Waals surface area contributed by atoms with E-state index in [2.05, 4.69) is 66.1 Å². The Morgan fingerprint density at radius 2 is 1.57 bits per heavy atom. The lowest BCUT2D eigenvalue weighted by Gasteiger charge is -2.32. The minimum absolute atomic E-state index is 0.355. The fourth-order valence-corrected chi connectivity index (χ4v) is 6.46. The molecule has 0 radical (unpaired) electrons. The van der Waals surface area contributed by atoms with Crippen LogP contribution >= 0.6 is 0 Å². The highest BCUT2D eigenvalue weighted by atomic mass is 16.5. The Labute approximate surface area is 240 Å². The molecule has 3 aromatic rings. The molecule has 40 heavy (non-hydrogen) atoms. The van der Waals surface area contributed by atoms with Crippen molar-refractivity contribution in [2.24, 2.45) is 5.92 Å². The average Bonchev–Trinajstić information content (AvgIpc) is 2.99. The number of piperidine rings is 1. The van der Waals surface area contributed by atoms with Gasteiger partial charge in [0.2, 0.25) is 0 Å². The van der Waals surface area contributed by atoms with E-state index in [9.17, 15) is 5.11 Å². The van der Waals surface area contributed by atoms with Crippen LogP contribution in [0.3, 0.4) is 0 Å². The van der Waals surface area contributed by atoms with Crippen molar-refractivity contribution in [3.63, 3.8) is 0 Å². The van der Waals surface area contributed by atoms with Gasteiger partial charge in [-0.1, -0.05) is 37.3 Å². The van der Waals surface area contributed by atoms with Crippen molar-refractivity contribution in [2.45, 2.75) is 64.8 Å². The molecule has 1 saturated heterocycles. The molecule has 0 amide bonds. The number of ether oxygens (including phenoxy) is 2. The number of phenolic OH excluding ortho intramolecular Hbond substituents is 1. The molecule has 2 aliphatic rings. The van der Waals surface area contributed by atoms with E-state index in [0.29, 0.717) is 11.7 Å². The summed E-state index contributed by atoms with van der Waals surface area (Å²) >= 11 is 0. The molecule has 1 atom stereocenters. The molecular weight excluding hydrogens is 496 g/mol. The van der Waals surface area contributed by atoms with Gasteiger partial charge in [0, 0.05) is 31.4 Å². The highest BCUT2D eigenvalue weighted by Crippen LogP contribution is 2.43. The number of methoxy groups -OCH3 is 2. The summed E-state index contributed by atoms with van der Waals surface area (Å²) in [6, 6.07) is 19.4. The second-order valence-electron chi connectivity index (χ2n) is 11.8. The number of nitrogens with zero attached hydrogens (tertiary/aromatic N) is 2. The molecule has 1 fully saturated rings. The van der Waals surface area contributed by atoms with Gasteiger partial charge in [0.25, 0.3) is 0 Å². The number of likely N-dealkylation sites (tertiary alicyclic amines) is 1. The first-order chi connectivity index (χ1) is 19.5. The number of aromatic hydroxyl groups is 1. The Hall–Kier alpha value is -3.18. The Balaban J connectivity index is 1.34. The SMILES string of the molecule is CCN(Cc1ccc(CCN2CCC(C)CC2)cc1)c1cc(OC)c(OC)cc1C1CCc2cc(O)ccc2C1. The van der Waals surface area contributed by atoms with Crippen LogP contribution in [0.5, 0.6) is 17.2 Å². The minimum Gasteiger partial charge on any atom is -0.508 e. The average molecular weight is 543 g/mol. The number of fused-ring (bicyclic) bond motifs is 1. The fraction of sp³-hybridized carbons (Fsp3) is 0.486. The lowest BCUT2D eigenvalue weighted by Crippen LogP contribution is -2.34. The lowest BCUT2D eigenvalue weighted by atomic mass is 9.79. The van der Waals surface area contributed by atoms with Gasteiger partial charge >= 0.3 is 0 Å². The van der Waals surface area contributed by atoms with Gasteiger partial charge in [-0.05, 0) is 116 Å². The molecule has 1 aliphatic carbocycles. The Morgan fingerprint density at radius 3 is 2.27 bits per heavy atom. The second kappa shape index (κ2) is 13.0. The standard InChI is InChI=1S/C35H46N2O3/c1-5-37(24-27-8-6-26(7-9-27)16-19-36-17-14-25(2)15-18-36)33-23-35(40-4)34(39-3)22-32(33)30-11-10-29-21-31(38)13-12-28(29)20-30/h6-9,12-13,21-23,25,30,38H,5,10-11,14-20,24H2,1-4H3. The number of hydrogen-bond acceptors (Lipinski definition) is 5. The van der Waals surface area contributed by atoms with Crippen molar-refractivity contribution in [2.75, 3.05) is 45.3 Å². The first-order valence-electron chi connectivity index (χ1n) is 15.1. The first-order valence-corrected chi connectivity index (χ1v) is 15.1. The van der Waals surface area contributed by atoms with Crippen molar-refractivity contribution in [1.29, 1.82) is 0 Å². The zero-order valence-electron chi connectivity index (χ0n) is 24.8. The summed E-state index contributed by atoms with van der Waals surface area (Å²) in [5.74, 6) is 3.16. The van der Waals surface area contributed by atoms with Crippen molar-refractivity contribution in [3.05, 3.63) is 82.4 Å². The van der Waals surface area contributed by atoms with Gasteiger partial charge in [-0.25, -0.2) is 0 Å². The molecule has 5 heteroatoms. The highest BCUT2D eigenvalue weighted by Gasteiger charge is 2.26.